The van der Waals surface area contributed by atoms with E-state index in [-0.39, 0.29) is 18.9 Å². The van der Waals surface area contributed by atoms with Crippen molar-refractivity contribution in [1.29, 1.82) is 0 Å². The smallest absolute Gasteiger partial charge is 0.237 e. The maximum absolute atomic E-state index is 11.7. The van der Waals surface area contributed by atoms with Crippen LogP contribution in [0.2, 0.25) is 0 Å². The standard InChI is InChI=1S/C11H11BrClNO3S/c12-10-4-2-1-3-8(10)6-14-7-9(5-11(14)15)18(13,16)17/h1-4,9H,5-7H2. The molecule has 0 aromatic heterocycles. The number of benzene rings is 1. The molecule has 1 aliphatic heterocycles. The van der Waals surface area contributed by atoms with E-state index in [4.69, 9.17) is 10.7 Å². The molecule has 98 valence electrons. The van der Waals surface area contributed by atoms with Gasteiger partial charge in [-0.1, -0.05) is 34.1 Å². The highest BCUT2D eigenvalue weighted by atomic mass is 79.9. The minimum Gasteiger partial charge on any atom is -0.337 e. The van der Waals surface area contributed by atoms with E-state index in [1.54, 1.807) is 0 Å². The van der Waals surface area contributed by atoms with E-state index in [0.29, 0.717) is 6.54 Å². The molecule has 0 saturated carbocycles. The Morgan fingerprint density at radius 3 is 2.61 bits per heavy atom. The molecule has 0 N–H and O–H groups in total. The summed E-state index contributed by atoms with van der Waals surface area (Å²) in [4.78, 5) is 13.3. The Kier molecular flexibility index (Phi) is 3.99. The molecule has 1 aromatic carbocycles. The lowest BCUT2D eigenvalue weighted by molar-refractivity contribution is -0.128. The molecule has 1 aromatic rings. The van der Waals surface area contributed by atoms with Gasteiger partial charge in [-0.3, -0.25) is 4.79 Å². The summed E-state index contributed by atoms with van der Waals surface area (Å²) < 4.78 is 23.3. The average Bonchev–Trinajstić information content (AvgIpc) is 2.63. The Labute approximate surface area is 118 Å². The van der Waals surface area contributed by atoms with Gasteiger partial charge in [0.25, 0.3) is 0 Å². The summed E-state index contributed by atoms with van der Waals surface area (Å²) in [5.74, 6) is -0.181. The van der Waals surface area contributed by atoms with Crippen LogP contribution in [-0.4, -0.2) is 31.0 Å². The van der Waals surface area contributed by atoms with Crippen molar-refractivity contribution >= 4 is 41.6 Å². The Morgan fingerprint density at radius 2 is 2.06 bits per heavy atom. The maximum Gasteiger partial charge on any atom is 0.237 e. The third kappa shape index (κ3) is 3.05. The molecule has 1 atom stereocenters. The molecule has 0 bridgehead atoms. The lowest BCUT2D eigenvalue weighted by Gasteiger charge is -2.16. The predicted octanol–water partition coefficient (Wildman–Crippen LogP) is 2.12. The number of nitrogens with zero attached hydrogens (tertiary/aromatic N) is 1. The first-order chi connectivity index (χ1) is 8.38. The normalized spacial score (nSPS) is 20.4. The van der Waals surface area contributed by atoms with Crippen molar-refractivity contribution in [2.75, 3.05) is 6.54 Å². The minimum absolute atomic E-state index is 0.0315. The molecule has 18 heavy (non-hydrogen) atoms. The number of halogens is 2. The molecule has 0 spiro atoms. The Hall–Kier alpha value is -0.590. The zero-order valence-corrected chi connectivity index (χ0v) is 12.5. The van der Waals surface area contributed by atoms with E-state index >= 15 is 0 Å². The monoisotopic (exact) mass is 351 g/mol. The average molecular weight is 353 g/mol. The molecule has 1 fully saturated rings. The number of hydrogen-bond donors (Lipinski definition) is 0. The summed E-state index contributed by atoms with van der Waals surface area (Å²) in [7, 11) is 1.62. The number of hydrogen-bond acceptors (Lipinski definition) is 3. The van der Waals surface area contributed by atoms with Crippen molar-refractivity contribution in [3.63, 3.8) is 0 Å². The fourth-order valence-corrected chi connectivity index (χ4v) is 3.38. The lowest BCUT2D eigenvalue weighted by Crippen LogP contribution is -2.26. The summed E-state index contributed by atoms with van der Waals surface area (Å²) in [6, 6.07) is 7.52. The van der Waals surface area contributed by atoms with Gasteiger partial charge < -0.3 is 4.90 Å². The molecule has 1 heterocycles. The van der Waals surface area contributed by atoms with E-state index in [2.05, 4.69) is 15.9 Å². The van der Waals surface area contributed by atoms with Gasteiger partial charge in [-0.2, -0.15) is 0 Å². The van der Waals surface area contributed by atoms with Gasteiger partial charge in [-0.05, 0) is 11.6 Å². The maximum atomic E-state index is 11.7. The molecule has 0 radical (unpaired) electrons. The van der Waals surface area contributed by atoms with Gasteiger partial charge >= 0.3 is 0 Å². The Morgan fingerprint density at radius 1 is 1.39 bits per heavy atom. The third-order valence-corrected chi connectivity index (χ3v) is 5.54. The van der Waals surface area contributed by atoms with Gasteiger partial charge in [0.2, 0.25) is 15.0 Å². The van der Waals surface area contributed by atoms with Crippen molar-refractivity contribution in [1.82, 2.24) is 4.90 Å². The first kappa shape index (κ1) is 13.8. The molecule has 7 heteroatoms. The predicted molar refractivity (Wildman–Crippen MR) is 72.7 cm³/mol. The molecule has 1 aliphatic rings. The first-order valence-electron chi connectivity index (χ1n) is 5.32. The van der Waals surface area contributed by atoms with Crippen LogP contribution in [0.4, 0.5) is 0 Å². The lowest BCUT2D eigenvalue weighted by atomic mass is 10.2. The largest absolute Gasteiger partial charge is 0.337 e. The second-order valence-corrected chi connectivity index (χ2v) is 7.93. The number of amides is 1. The van der Waals surface area contributed by atoms with Crippen molar-refractivity contribution in [3.05, 3.63) is 34.3 Å². The SMILES string of the molecule is O=C1CC(S(=O)(=O)Cl)CN1Cc1ccccc1Br. The van der Waals surface area contributed by atoms with Crippen LogP contribution in [-0.2, 0) is 20.4 Å². The topological polar surface area (TPSA) is 54.5 Å². The minimum atomic E-state index is -3.67. The summed E-state index contributed by atoms with van der Waals surface area (Å²) in [5, 5.41) is -0.797. The van der Waals surface area contributed by atoms with Crippen molar-refractivity contribution in [2.45, 2.75) is 18.2 Å². The zero-order chi connectivity index (χ0) is 13.3. The summed E-state index contributed by atoms with van der Waals surface area (Å²) in [6.45, 7) is 0.551. The van der Waals surface area contributed by atoms with Gasteiger partial charge in [-0.25, -0.2) is 8.42 Å². The second kappa shape index (κ2) is 5.19. The summed E-state index contributed by atoms with van der Waals surface area (Å²) >= 11 is 3.40. The van der Waals surface area contributed by atoms with Crippen LogP contribution in [0.25, 0.3) is 0 Å². The number of carbonyl (C=O) groups excluding carboxylic acids is 1. The van der Waals surface area contributed by atoms with Gasteiger partial charge in [0.1, 0.15) is 5.25 Å². The van der Waals surface area contributed by atoms with E-state index < -0.39 is 14.3 Å². The highest BCUT2D eigenvalue weighted by Gasteiger charge is 2.37. The fraction of sp³-hybridized carbons (Fsp3) is 0.364. The second-order valence-electron chi connectivity index (χ2n) is 4.17. The van der Waals surface area contributed by atoms with Crippen LogP contribution in [0.1, 0.15) is 12.0 Å². The molecule has 4 nitrogen and oxygen atoms in total. The van der Waals surface area contributed by atoms with Gasteiger partial charge in [0.05, 0.1) is 0 Å². The third-order valence-electron chi connectivity index (χ3n) is 2.90. The molecular weight excluding hydrogens is 342 g/mol. The van der Waals surface area contributed by atoms with E-state index in [9.17, 15) is 13.2 Å². The molecule has 0 aliphatic carbocycles. The van der Waals surface area contributed by atoms with Crippen LogP contribution in [0.5, 0.6) is 0 Å². The van der Waals surface area contributed by atoms with Crippen LogP contribution < -0.4 is 0 Å². The van der Waals surface area contributed by atoms with Crippen LogP contribution in [0, 0.1) is 0 Å². The molecule has 1 amide bonds. The van der Waals surface area contributed by atoms with Crippen LogP contribution in [0.15, 0.2) is 28.7 Å². The summed E-state index contributed by atoms with van der Waals surface area (Å²) in [6.07, 6.45) is -0.0315. The van der Waals surface area contributed by atoms with Crippen molar-refractivity contribution in [2.24, 2.45) is 0 Å². The Balaban J connectivity index is 2.13. The fourth-order valence-electron chi connectivity index (χ4n) is 1.91. The highest BCUT2D eigenvalue weighted by molar-refractivity contribution is 9.10. The highest BCUT2D eigenvalue weighted by Crippen LogP contribution is 2.25. The van der Waals surface area contributed by atoms with Crippen LogP contribution in [0.3, 0.4) is 0 Å². The molecule has 2 rings (SSSR count). The Bertz CT molecular complexity index is 575. The van der Waals surface area contributed by atoms with Crippen LogP contribution >= 0.6 is 26.6 Å². The first-order valence-corrected chi connectivity index (χ1v) is 8.49. The van der Waals surface area contributed by atoms with E-state index in [1.807, 2.05) is 24.3 Å². The number of carbonyl (C=O) groups is 1. The summed E-state index contributed by atoms with van der Waals surface area (Å²) in [5.41, 5.74) is 0.943. The van der Waals surface area contributed by atoms with Gasteiger partial charge in [0.15, 0.2) is 0 Å². The van der Waals surface area contributed by atoms with Gasteiger partial charge in [-0.15, -0.1) is 0 Å². The van der Waals surface area contributed by atoms with Gasteiger partial charge in [0, 0.05) is 34.7 Å². The van der Waals surface area contributed by atoms with E-state index in [0.717, 1.165) is 10.0 Å². The zero-order valence-electron chi connectivity index (χ0n) is 9.34. The number of rotatable bonds is 3. The molecule has 1 unspecified atom stereocenters. The van der Waals surface area contributed by atoms with Crippen molar-refractivity contribution in [3.8, 4) is 0 Å². The molecule has 1 saturated heterocycles. The van der Waals surface area contributed by atoms with E-state index in [1.165, 1.54) is 4.90 Å². The molecular formula is C11H11BrClNO3S. The van der Waals surface area contributed by atoms with Crippen molar-refractivity contribution < 1.29 is 13.2 Å². The quantitative estimate of drug-likeness (QED) is 0.783. The number of likely N-dealkylation sites (tertiary alicyclic amines) is 1.